The van der Waals surface area contributed by atoms with Gasteiger partial charge in [-0.1, -0.05) is 146 Å². The summed E-state index contributed by atoms with van der Waals surface area (Å²) in [7, 11) is 0. The van der Waals surface area contributed by atoms with Crippen molar-refractivity contribution in [2.45, 2.75) is 0 Å². The summed E-state index contributed by atoms with van der Waals surface area (Å²) in [5.74, 6) is 2.43. The van der Waals surface area contributed by atoms with Crippen molar-refractivity contribution in [1.82, 2.24) is 29.5 Å². The van der Waals surface area contributed by atoms with Crippen LogP contribution in [-0.4, -0.2) is 29.5 Å². The third-order valence-electron chi connectivity index (χ3n) is 11.9. The number of nitrogens with zero attached hydrogens (tertiary/aromatic N) is 6. The van der Waals surface area contributed by atoms with Gasteiger partial charge in [0.25, 0.3) is 0 Å². The molecule has 8 heteroatoms. The van der Waals surface area contributed by atoms with Gasteiger partial charge in [0.1, 0.15) is 16.8 Å². The summed E-state index contributed by atoms with van der Waals surface area (Å²) in [5, 5.41) is 5.52. The summed E-state index contributed by atoms with van der Waals surface area (Å²) in [6, 6.07) is 67.0. The van der Waals surface area contributed by atoms with Crippen LogP contribution in [-0.2, 0) is 0 Å². The summed E-state index contributed by atoms with van der Waals surface area (Å²) in [5.41, 5.74) is 11.1. The van der Waals surface area contributed by atoms with Crippen molar-refractivity contribution in [1.29, 1.82) is 0 Å². The van der Waals surface area contributed by atoms with Gasteiger partial charge in [0.2, 0.25) is 5.95 Å². The van der Waals surface area contributed by atoms with Gasteiger partial charge in [0.15, 0.2) is 23.1 Å². The molecular weight excluding hydrogens is 793 g/mol. The molecule has 0 aliphatic rings. The van der Waals surface area contributed by atoms with E-state index < -0.39 is 0 Å². The summed E-state index contributed by atoms with van der Waals surface area (Å²) in [4.78, 5) is 25.9. The minimum Gasteiger partial charge on any atom is -0.452 e. The summed E-state index contributed by atoms with van der Waals surface area (Å²) in [6.07, 6.45) is 0. The zero-order chi connectivity index (χ0) is 41.4. The largest absolute Gasteiger partial charge is 0.452 e. The second-order valence-electron chi connectivity index (χ2n) is 15.7. The highest BCUT2D eigenvalue weighted by atomic mass is 32.1. The quantitative estimate of drug-likeness (QED) is 0.166. The van der Waals surface area contributed by atoms with Crippen molar-refractivity contribution >= 4 is 75.4 Å². The Hall–Kier alpha value is -8.33. The fourth-order valence-electron chi connectivity index (χ4n) is 8.87. The van der Waals surface area contributed by atoms with E-state index in [1.54, 1.807) is 11.3 Å². The van der Waals surface area contributed by atoms with E-state index in [0.29, 0.717) is 29.0 Å². The van der Waals surface area contributed by atoms with E-state index in [2.05, 4.69) is 138 Å². The smallest absolute Gasteiger partial charge is 0.238 e. The normalized spacial score (nSPS) is 11.8. The zero-order valence-corrected chi connectivity index (χ0v) is 34.3. The van der Waals surface area contributed by atoms with Crippen molar-refractivity contribution in [3.63, 3.8) is 0 Å². The van der Waals surface area contributed by atoms with Gasteiger partial charge in [0, 0.05) is 58.6 Å². The minimum atomic E-state index is 0.562. The molecule has 294 valence electrons. The maximum Gasteiger partial charge on any atom is 0.238 e. The first-order chi connectivity index (χ1) is 31.2. The molecule has 5 aromatic heterocycles. The van der Waals surface area contributed by atoms with E-state index in [1.165, 1.54) is 4.70 Å². The maximum atomic E-state index is 6.37. The zero-order valence-electron chi connectivity index (χ0n) is 33.5. The molecule has 0 aliphatic heterocycles. The number of hydrogen-bond donors (Lipinski definition) is 0. The van der Waals surface area contributed by atoms with E-state index in [4.69, 9.17) is 29.3 Å². The van der Waals surface area contributed by atoms with Gasteiger partial charge in [-0.2, -0.15) is 9.97 Å². The number of furan rings is 1. The lowest BCUT2D eigenvalue weighted by Gasteiger charge is -2.11. The first kappa shape index (κ1) is 35.4. The van der Waals surface area contributed by atoms with Gasteiger partial charge in [0.05, 0.1) is 11.0 Å². The third kappa shape index (κ3) is 5.84. The van der Waals surface area contributed by atoms with Crippen molar-refractivity contribution in [2.75, 3.05) is 0 Å². The number of rotatable bonds is 6. The van der Waals surface area contributed by atoms with Crippen LogP contribution in [0.2, 0.25) is 0 Å². The topological polar surface area (TPSA) is 82.5 Å². The Labute approximate surface area is 364 Å². The minimum absolute atomic E-state index is 0.562. The molecule has 0 unspecified atom stereocenters. The number of thiophene rings is 1. The van der Waals surface area contributed by atoms with Crippen LogP contribution in [0.25, 0.3) is 127 Å². The van der Waals surface area contributed by atoms with Crippen molar-refractivity contribution < 1.29 is 4.42 Å². The van der Waals surface area contributed by atoms with Crippen LogP contribution < -0.4 is 0 Å². The predicted octanol–water partition coefficient (Wildman–Crippen LogP) is 14.4. The van der Waals surface area contributed by atoms with Crippen LogP contribution in [0.4, 0.5) is 0 Å². The molecule has 0 aliphatic carbocycles. The second kappa shape index (κ2) is 14.1. The Morgan fingerprint density at radius 1 is 0.365 bits per heavy atom. The first-order valence-electron chi connectivity index (χ1n) is 20.8. The first-order valence-corrected chi connectivity index (χ1v) is 21.6. The Kier molecular flexibility index (Phi) is 7.94. The maximum absolute atomic E-state index is 6.37. The van der Waals surface area contributed by atoms with E-state index in [1.807, 2.05) is 60.7 Å². The standard InChI is InChI=1S/C55H32N6OS/c1-4-14-33(15-5-1)36-24-27-40-39-20-10-12-22-44(39)61(45(40)31-36)55-59-52(35-18-8-3-9-19-35)58-54(60-55)37-26-29-47-43(30-37)41-28-25-38(32-48(41)63-47)53-56-49(34-16-6-2-7-17-34)51-50(57-53)42-21-11-13-23-46(42)62-51/h1-32H. The SMILES string of the molecule is c1ccc(-c2ccc3c4ccccc4n(-c4nc(-c5ccccc5)nc(-c5ccc6sc7cc(-c8nc(-c9ccccc9)c9oc%10ccccc%10c9n8)ccc7c6c5)n4)c3c2)cc1. The molecule has 5 heterocycles. The van der Waals surface area contributed by atoms with Gasteiger partial charge < -0.3 is 4.42 Å². The molecule has 0 fully saturated rings. The Bertz CT molecular complexity index is 3910. The summed E-state index contributed by atoms with van der Waals surface area (Å²) < 4.78 is 10.9. The molecule has 0 spiro atoms. The number of hydrogen-bond acceptors (Lipinski definition) is 7. The van der Waals surface area contributed by atoms with Crippen LogP contribution in [0.5, 0.6) is 0 Å². The average molecular weight is 825 g/mol. The van der Waals surface area contributed by atoms with E-state index in [9.17, 15) is 0 Å². The second-order valence-corrected chi connectivity index (χ2v) is 16.7. The predicted molar refractivity (Wildman–Crippen MR) is 257 cm³/mol. The molecule has 0 radical (unpaired) electrons. The van der Waals surface area contributed by atoms with Crippen LogP contribution in [0.15, 0.2) is 199 Å². The highest BCUT2D eigenvalue weighted by Crippen LogP contribution is 2.41. The molecule has 0 bridgehead atoms. The van der Waals surface area contributed by atoms with Crippen LogP contribution in [0.3, 0.4) is 0 Å². The van der Waals surface area contributed by atoms with Crippen LogP contribution in [0.1, 0.15) is 0 Å². The van der Waals surface area contributed by atoms with Crippen LogP contribution >= 0.6 is 11.3 Å². The lowest BCUT2D eigenvalue weighted by Crippen LogP contribution is -2.06. The van der Waals surface area contributed by atoms with E-state index in [-0.39, 0.29) is 0 Å². The van der Waals surface area contributed by atoms with Gasteiger partial charge in [-0.15, -0.1) is 11.3 Å². The highest BCUT2D eigenvalue weighted by Gasteiger charge is 2.21. The Morgan fingerprint density at radius 3 is 1.78 bits per heavy atom. The lowest BCUT2D eigenvalue weighted by molar-refractivity contribution is 0.667. The summed E-state index contributed by atoms with van der Waals surface area (Å²) in [6.45, 7) is 0. The number of benzene rings is 8. The van der Waals surface area contributed by atoms with Crippen molar-refractivity contribution in [3.05, 3.63) is 194 Å². The number of para-hydroxylation sites is 2. The van der Waals surface area contributed by atoms with Gasteiger partial charge >= 0.3 is 0 Å². The van der Waals surface area contributed by atoms with Crippen molar-refractivity contribution in [2.24, 2.45) is 0 Å². The molecule has 0 saturated heterocycles. The fourth-order valence-corrected chi connectivity index (χ4v) is 10.00. The number of fused-ring (bicyclic) bond motifs is 9. The summed E-state index contributed by atoms with van der Waals surface area (Å²) >= 11 is 1.75. The molecule has 13 rings (SSSR count). The molecule has 0 atom stereocenters. The highest BCUT2D eigenvalue weighted by molar-refractivity contribution is 7.25. The Balaban J connectivity index is 0.969. The molecule has 0 N–H and O–H groups in total. The van der Waals surface area contributed by atoms with E-state index in [0.717, 1.165) is 92.8 Å². The molecular formula is C55H32N6OS. The third-order valence-corrected chi connectivity index (χ3v) is 13.0. The molecule has 0 saturated carbocycles. The van der Waals surface area contributed by atoms with Crippen molar-refractivity contribution in [3.8, 4) is 62.5 Å². The van der Waals surface area contributed by atoms with Gasteiger partial charge in [-0.25, -0.2) is 15.0 Å². The molecule has 7 nitrogen and oxygen atoms in total. The van der Waals surface area contributed by atoms with Gasteiger partial charge in [-0.05, 0) is 59.7 Å². The lowest BCUT2D eigenvalue weighted by atomic mass is 10.0. The number of aromatic nitrogens is 6. The average Bonchev–Trinajstić information content (AvgIpc) is 4.03. The molecule has 13 aromatic rings. The molecule has 0 amide bonds. The monoisotopic (exact) mass is 824 g/mol. The van der Waals surface area contributed by atoms with Gasteiger partial charge in [-0.3, -0.25) is 4.57 Å². The molecule has 63 heavy (non-hydrogen) atoms. The van der Waals surface area contributed by atoms with E-state index >= 15 is 0 Å². The Morgan fingerprint density at radius 2 is 0.968 bits per heavy atom. The van der Waals surface area contributed by atoms with Crippen LogP contribution in [0, 0.1) is 0 Å². The fraction of sp³-hybridized carbons (Fsp3) is 0. The molecule has 8 aromatic carbocycles.